The Labute approximate surface area is 242 Å². The molecule has 2 amide bonds. The molecule has 0 aromatic heterocycles. The number of carboxylic acid groups (broad SMARTS) is 1. The number of nitrogens with one attached hydrogen (secondary N) is 2. The van der Waals surface area contributed by atoms with Gasteiger partial charge in [-0.1, -0.05) is 89.9 Å². The van der Waals surface area contributed by atoms with Crippen LogP contribution in [0.2, 0.25) is 0 Å². The largest absolute Gasteiger partial charge is 0.481 e. The molecule has 0 radical (unpaired) electrons. The minimum absolute atomic E-state index is 0.0349. The highest BCUT2D eigenvalue weighted by Gasteiger charge is 2.03. The van der Waals surface area contributed by atoms with E-state index in [0.717, 1.165) is 25.7 Å². The van der Waals surface area contributed by atoms with Crippen molar-refractivity contribution < 1.29 is 38.8 Å². The molecule has 0 unspecified atom stereocenters. The van der Waals surface area contributed by atoms with E-state index in [1.54, 1.807) is 0 Å². The van der Waals surface area contributed by atoms with Crippen LogP contribution < -0.4 is 10.6 Å². The zero-order valence-electron chi connectivity index (χ0n) is 24.9. The number of carbonyl (C=O) groups is 3. The lowest BCUT2D eigenvalue weighted by molar-refractivity contribution is -0.137. The third-order valence-corrected chi connectivity index (χ3v) is 6.52. The number of hydrogen-bond acceptors (Lipinski definition) is 7. The first-order chi connectivity index (χ1) is 19.6. The van der Waals surface area contributed by atoms with Crippen LogP contribution in [0.5, 0.6) is 0 Å². The van der Waals surface area contributed by atoms with E-state index in [0.29, 0.717) is 52.4 Å². The summed E-state index contributed by atoms with van der Waals surface area (Å²) in [6.45, 7) is 2.48. The molecule has 0 aliphatic heterocycles. The number of amides is 2. The van der Waals surface area contributed by atoms with Crippen molar-refractivity contribution >= 4 is 17.8 Å². The van der Waals surface area contributed by atoms with E-state index in [-0.39, 0.29) is 31.6 Å². The highest BCUT2D eigenvalue weighted by atomic mass is 16.5. The fourth-order valence-electron chi connectivity index (χ4n) is 4.25. The molecule has 236 valence electrons. The van der Waals surface area contributed by atoms with Gasteiger partial charge in [0.15, 0.2) is 0 Å². The first-order valence-electron chi connectivity index (χ1n) is 15.7. The van der Waals surface area contributed by atoms with Gasteiger partial charge >= 0.3 is 5.97 Å². The van der Waals surface area contributed by atoms with Gasteiger partial charge in [0, 0.05) is 25.9 Å². The molecule has 0 aliphatic rings. The normalized spacial score (nSPS) is 11.0. The van der Waals surface area contributed by atoms with Gasteiger partial charge in [-0.2, -0.15) is 0 Å². The van der Waals surface area contributed by atoms with Crippen molar-refractivity contribution in [1.82, 2.24) is 10.6 Å². The van der Waals surface area contributed by atoms with Crippen molar-refractivity contribution in [3.8, 4) is 0 Å². The van der Waals surface area contributed by atoms with Gasteiger partial charge in [0.2, 0.25) is 11.8 Å². The van der Waals surface area contributed by atoms with Crippen molar-refractivity contribution in [3.63, 3.8) is 0 Å². The molecule has 0 bridgehead atoms. The fourth-order valence-corrected chi connectivity index (χ4v) is 4.25. The monoisotopic (exact) mass is 574 g/mol. The lowest BCUT2D eigenvalue weighted by Crippen LogP contribution is -2.31. The summed E-state index contributed by atoms with van der Waals surface area (Å²) in [5.74, 6) is -0.837. The van der Waals surface area contributed by atoms with Crippen LogP contribution in [0.3, 0.4) is 0 Å². The predicted molar refractivity (Wildman–Crippen MR) is 156 cm³/mol. The quantitative estimate of drug-likeness (QED) is 0.0868. The molecule has 0 aromatic rings. The Bertz CT molecular complexity index is 592. The minimum Gasteiger partial charge on any atom is -0.481 e. The Morgan fingerprint density at radius 1 is 0.475 bits per heavy atom. The van der Waals surface area contributed by atoms with Gasteiger partial charge in [0.1, 0.15) is 6.61 Å². The Balaban J connectivity index is 3.22. The summed E-state index contributed by atoms with van der Waals surface area (Å²) in [5, 5.41) is 22.7. The SMILES string of the molecule is O=C(O)CCCCCCCCCCCCCCCCCCC(=O)NCCOCCOCC(=O)NCCOCCO. The van der Waals surface area contributed by atoms with E-state index in [2.05, 4.69) is 10.6 Å². The van der Waals surface area contributed by atoms with Gasteiger partial charge in [-0.25, -0.2) is 0 Å². The van der Waals surface area contributed by atoms with Crippen LogP contribution in [0.1, 0.15) is 116 Å². The summed E-state index contributed by atoms with van der Waals surface area (Å²) in [4.78, 5) is 33.9. The number of unbranched alkanes of at least 4 members (excludes halogenated alkanes) is 15. The van der Waals surface area contributed by atoms with Gasteiger partial charge in [-0.15, -0.1) is 0 Å². The topological polar surface area (TPSA) is 143 Å². The second-order valence-electron chi connectivity index (χ2n) is 10.3. The molecule has 0 spiro atoms. The molecule has 0 atom stereocenters. The molecule has 40 heavy (non-hydrogen) atoms. The van der Waals surface area contributed by atoms with Gasteiger partial charge in [-0.05, 0) is 12.8 Å². The van der Waals surface area contributed by atoms with Gasteiger partial charge < -0.3 is 35.1 Å². The summed E-state index contributed by atoms with van der Waals surface area (Å²) in [6, 6.07) is 0. The van der Waals surface area contributed by atoms with Crippen LogP contribution in [0, 0.1) is 0 Å². The summed E-state index contributed by atoms with van der Waals surface area (Å²) in [6.07, 6.45) is 20.1. The number of hydrogen-bond donors (Lipinski definition) is 4. The Morgan fingerprint density at radius 3 is 1.35 bits per heavy atom. The summed E-state index contributed by atoms with van der Waals surface area (Å²) < 4.78 is 15.7. The number of aliphatic carboxylic acids is 1. The van der Waals surface area contributed by atoms with E-state index >= 15 is 0 Å². The molecular formula is C30H58N2O8. The lowest BCUT2D eigenvalue weighted by atomic mass is 10.0. The van der Waals surface area contributed by atoms with E-state index in [1.165, 1.54) is 77.0 Å². The van der Waals surface area contributed by atoms with Crippen molar-refractivity contribution in [1.29, 1.82) is 0 Å². The average molecular weight is 575 g/mol. The van der Waals surface area contributed by atoms with E-state index in [4.69, 9.17) is 24.4 Å². The summed E-state index contributed by atoms with van der Waals surface area (Å²) in [7, 11) is 0. The zero-order chi connectivity index (χ0) is 29.4. The average Bonchev–Trinajstić information content (AvgIpc) is 2.93. The summed E-state index contributed by atoms with van der Waals surface area (Å²) in [5.41, 5.74) is 0. The zero-order valence-corrected chi connectivity index (χ0v) is 24.9. The second kappa shape index (κ2) is 31.8. The predicted octanol–water partition coefficient (Wildman–Crippen LogP) is 4.37. The number of carboxylic acids is 1. The van der Waals surface area contributed by atoms with Crippen LogP contribution in [-0.4, -0.2) is 87.3 Å². The molecular weight excluding hydrogens is 516 g/mol. The molecule has 0 heterocycles. The molecule has 10 nitrogen and oxygen atoms in total. The van der Waals surface area contributed by atoms with Crippen molar-refractivity contribution in [2.75, 3.05) is 59.3 Å². The van der Waals surface area contributed by atoms with E-state index in [1.807, 2.05) is 0 Å². The van der Waals surface area contributed by atoms with Crippen molar-refractivity contribution in [2.45, 2.75) is 116 Å². The van der Waals surface area contributed by atoms with Gasteiger partial charge in [-0.3, -0.25) is 14.4 Å². The number of aliphatic hydroxyl groups is 1. The Kier molecular flexibility index (Phi) is 30.4. The van der Waals surface area contributed by atoms with Crippen molar-refractivity contribution in [3.05, 3.63) is 0 Å². The van der Waals surface area contributed by atoms with Gasteiger partial charge in [0.25, 0.3) is 0 Å². The maximum atomic E-state index is 11.9. The first-order valence-corrected chi connectivity index (χ1v) is 15.7. The highest BCUT2D eigenvalue weighted by molar-refractivity contribution is 5.77. The first kappa shape index (κ1) is 38.2. The summed E-state index contributed by atoms with van der Waals surface area (Å²) >= 11 is 0. The smallest absolute Gasteiger partial charge is 0.303 e. The third kappa shape index (κ3) is 32.5. The van der Waals surface area contributed by atoms with E-state index in [9.17, 15) is 14.4 Å². The fraction of sp³-hybridized carbons (Fsp3) is 0.900. The Morgan fingerprint density at radius 2 is 0.875 bits per heavy atom. The van der Waals surface area contributed by atoms with Crippen molar-refractivity contribution in [2.24, 2.45) is 0 Å². The molecule has 0 fully saturated rings. The van der Waals surface area contributed by atoms with Crippen LogP contribution in [0.4, 0.5) is 0 Å². The van der Waals surface area contributed by atoms with Crippen LogP contribution in [-0.2, 0) is 28.6 Å². The van der Waals surface area contributed by atoms with E-state index < -0.39 is 5.97 Å². The molecule has 0 rings (SSSR count). The lowest BCUT2D eigenvalue weighted by Gasteiger charge is -2.08. The number of carbonyl (C=O) groups excluding carboxylic acids is 2. The minimum atomic E-state index is -0.681. The number of ether oxygens (including phenoxy) is 3. The highest BCUT2D eigenvalue weighted by Crippen LogP contribution is 2.14. The molecule has 0 aromatic carbocycles. The molecule has 0 saturated carbocycles. The number of rotatable bonds is 32. The van der Waals surface area contributed by atoms with Crippen LogP contribution in [0.25, 0.3) is 0 Å². The third-order valence-electron chi connectivity index (χ3n) is 6.52. The molecule has 0 aliphatic carbocycles. The Hall–Kier alpha value is -1.75. The number of aliphatic hydroxyl groups excluding tert-OH is 1. The van der Waals surface area contributed by atoms with Gasteiger partial charge in [0.05, 0.1) is 39.6 Å². The maximum absolute atomic E-state index is 11.9. The van der Waals surface area contributed by atoms with Crippen LogP contribution in [0.15, 0.2) is 0 Å². The molecule has 10 heteroatoms. The standard InChI is InChI=1S/C30H58N2O8/c33-21-24-38-22-20-32-29(35)27-40-26-25-39-23-19-31-28(34)17-15-13-11-9-7-5-3-1-2-4-6-8-10-12-14-16-18-30(36)37/h33H,1-27H2,(H,31,34)(H,32,35)(H,36,37). The van der Waals surface area contributed by atoms with Crippen LogP contribution >= 0.6 is 0 Å². The molecule has 4 N–H and O–H groups in total. The second-order valence-corrected chi connectivity index (χ2v) is 10.3. The molecule has 0 saturated heterocycles. The maximum Gasteiger partial charge on any atom is 0.303 e.